The lowest BCUT2D eigenvalue weighted by molar-refractivity contribution is -0.141. The average molecular weight is 400 g/mol. The predicted molar refractivity (Wildman–Crippen MR) is 90.8 cm³/mol. The normalized spacial score (nSPS) is 15.6. The first-order valence-corrected chi connectivity index (χ1v) is 8.58. The third-order valence-corrected chi connectivity index (χ3v) is 4.46. The molecule has 0 aliphatic carbocycles. The Morgan fingerprint density at radius 2 is 1.75 bits per heavy atom. The van der Waals surface area contributed by atoms with E-state index in [1.165, 1.54) is 13.0 Å². The fourth-order valence-electron chi connectivity index (χ4n) is 3.08. The van der Waals surface area contributed by atoms with Gasteiger partial charge in [0, 0.05) is 25.2 Å². The number of aryl methyl sites for hydroxylation is 1. The van der Waals surface area contributed by atoms with Gasteiger partial charge < -0.3 is 10.2 Å². The maximum absolute atomic E-state index is 13.7. The summed E-state index contributed by atoms with van der Waals surface area (Å²) in [7, 11) is 0. The minimum Gasteiger partial charge on any atom is -0.356 e. The van der Waals surface area contributed by atoms with E-state index in [2.05, 4.69) is 15.3 Å². The van der Waals surface area contributed by atoms with E-state index in [9.17, 15) is 26.7 Å². The molecule has 0 unspecified atom stereocenters. The van der Waals surface area contributed by atoms with E-state index in [4.69, 9.17) is 0 Å². The van der Waals surface area contributed by atoms with Crippen molar-refractivity contribution in [3.05, 3.63) is 53.0 Å². The van der Waals surface area contributed by atoms with Crippen molar-refractivity contribution in [3.63, 3.8) is 0 Å². The van der Waals surface area contributed by atoms with Gasteiger partial charge in [0.2, 0.25) is 0 Å². The van der Waals surface area contributed by atoms with Gasteiger partial charge >= 0.3 is 6.18 Å². The van der Waals surface area contributed by atoms with Crippen LogP contribution in [-0.4, -0.2) is 35.0 Å². The number of hydrogen-bond donors (Lipinski definition) is 1. The number of benzene rings is 1. The lowest BCUT2D eigenvalue weighted by Crippen LogP contribution is -2.45. The van der Waals surface area contributed by atoms with E-state index >= 15 is 0 Å². The van der Waals surface area contributed by atoms with Crippen molar-refractivity contribution < 1.29 is 26.7 Å². The Hall–Kier alpha value is -2.78. The molecule has 10 heteroatoms. The summed E-state index contributed by atoms with van der Waals surface area (Å²) in [4.78, 5) is 21.3. The van der Waals surface area contributed by atoms with E-state index in [0.29, 0.717) is 25.9 Å². The van der Waals surface area contributed by atoms with Crippen LogP contribution in [0.15, 0.2) is 24.3 Å². The second-order valence-corrected chi connectivity index (χ2v) is 6.49. The number of carbonyl (C=O) groups excluding carboxylic acids is 1. The van der Waals surface area contributed by atoms with E-state index < -0.39 is 35.0 Å². The molecule has 0 bridgehead atoms. The van der Waals surface area contributed by atoms with Gasteiger partial charge in [-0.1, -0.05) is 6.07 Å². The number of halogens is 5. The topological polar surface area (TPSA) is 58.1 Å². The third kappa shape index (κ3) is 4.37. The van der Waals surface area contributed by atoms with Crippen LogP contribution in [0.4, 0.5) is 27.8 Å². The summed E-state index contributed by atoms with van der Waals surface area (Å²) < 4.78 is 66.2. The van der Waals surface area contributed by atoms with Crippen molar-refractivity contribution in [1.29, 1.82) is 0 Å². The maximum Gasteiger partial charge on any atom is 0.433 e. The molecule has 28 heavy (non-hydrogen) atoms. The number of nitrogens with one attached hydrogen (secondary N) is 1. The van der Waals surface area contributed by atoms with Gasteiger partial charge in [0.15, 0.2) is 0 Å². The monoisotopic (exact) mass is 400 g/mol. The fourth-order valence-corrected chi connectivity index (χ4v) is 3.08. The number of anilines is 1. The molecule has 1 aliphatic rings. The van der Waals surface area contributed by atoms with Gasteiger partial charge in [0.05, 0.1) is 0 Å². The molecule has 1 aromatic heterocycles. The molecule has 0 spiro atoms. The van der Waals surface area contributed by atoms with Crippen LogP contribution >= 0.6 is 0 Å². The highest BCUT2D eigenvalue weighted by molar-refractivity contribution is 5.94. The van der Waals surface area contributed by atoms with Crippen molar-refractivity contribution in [2.24, 2.45) is 0 Å². The lowest BCUT2D eigenvalue weighted by atomic mass is 10.0. The fraction of sp³-hybridized carbons (Fsp3) is 0.389. The molecule has 150 valence electrons. The van der Waals surface area contributed by atoms with Crippen LogP contribution in [-0.2, 0) is 6.18 Å². The molecule has 0 radical (unpaired) electrons. The Kier molecular flexibility index (Phi) is 5.48. The largest absolute Gasteiger partial charge is 0.433 e. The van der Waals surface area contributed by atoms with Gasteiger partial charge in [-0.05, 0) is 31.9 Å². The van der Waals surface area contributed by atoms with Crippen LogP contribution < -0.4 is 10.2 Å². The Balaban J connectivity index is 1.65. The first-order valence-electron chi connectivity index (χ1n) is 8.58. The summed E-state index contributed by atoms with van der Waals surface area (Å²) in [5, 5.41) is 2.58. The quantitative estimate of drug-likeness (QED) is 0.802. The molecular weight excluding hydrogens is 383 g/mol. The molecule has 0 atom stereocenters. The van der Waals surface area contributed by atoms with Crippen molar-refractivity contribution in [2.45, 2.75) is 32.0 Å². The van der Waals surface area contributed by atoms with E-state index in [0.717, 1.165) is 18.2 Å². The first kappa shape index (κ1) is 20.0. The van der Waals surface area contributed by atoms with Crippen LogP contribution in [0.2, 0.25) is 0 Å². The lowest BCUT2D eigenvalue weighted by Gasteiger charge is -2.33. The zero-order valence-electron chi connectivity index (χ0n) is 14.9. The van der Waals surface area contributed by atoms with Gasteiger partial charge in [0.1, 0.15) is 34.5 Å². The van der Waals surface area contributed by atoms with Gasteiger partial charge in [0.25, 0.3) is 5.91 Å². The van der Waals surface area contributed by atoms with Gasteiger partial charge in [-0.15, -0.1) is 0 Å². The van der Waals surface area contributed by atoms with Crippen LogP contribution in [0.1, 0.15) is 34.7 Å². The van der Waals surface area contributed by atoms with Crippen LogP contribution in [0.25, 0.3) is 0 Å². The summed E-state index contributed by atoms with van der Waals surface area (Å²) in [5.74, 6) is -2.59. The Labute approximate surface area is 157 Å². The number of nitrogens with zero attached hydrogens (tertiary/aromatic N) is 3. The van der Waals surface area contributed by atoms with Crippen LogP contribution in [0, 0.1) is 18.6 Å². The number of amides is 1. The molecule has 1 aromatic carbocycles. The van der Waals surface area contributed by atoms with Gasteiger partial charge in [-0.2, -0.15) is 13.2 Å². The number of hydrogen-bond acceptors (Lipinski definition) is 4. The molecule has 2 aromatic rings. The molecule has 1 fully saturated rings. The van der Waals surface area contributed by atoms with Crippen molar-refractivity contribution in [2.75, 3.05) is 18.0 Å². The zero-order chi connectivity index (χ0) is 20.5. The molecule has 1 saturated heterocycles. The highest BCUT2D eigenvalue weighted by atomic mass is 19.4. The zero-order valence-corrected chi connectivity index (χ0v) is 14.9. The van der Waals surface area contributed by atoms with Gasteiger partial charge in [-0.25, -0.2) is 18.7 Å². The summed E-state index contributed by atoms with van der Waals surface area (Å²) in [6.45, 7) is 2.05. The minimum atomic E-state index is -4.57. The van der Waals surface area contributed by atoms with E-state index in [-0.39, 0.29) is 17.7 Å². The summed E-state index contributed by atoms with van der Waals surface area (Å²) in [5.41, 5.74) is -1.66. The molecule has 2 heterocycles. The Morgan fingerprint density at radius 1 is 1.14 bits per heavy atom. The molecular formula is C18H17F5N4O. The number of piperidine rings is 1. The second kappa shape index (κ2) is 7.69. The highest BCUT2D eigenvalue weighted by Crippen LogP contribution is 2.30. The maximum atomic E-state index is 13.7. The summed E-state index contributed by atoms with van der Waals surface area (Å²) in [6, 6.07) is 3.69. The number of carbonyl (C=O) groups is 1. The Morgan fingerprint density at radius 3 is 2.32 bits per heavy atom. The highest BCUT2D eigenvalue weighted by Gasteiger charge is 2.34. The smallest absolute Gasteiger partial charge is 0.356 e. The number of rotatable bonds is 3. The molecule has 1 amide bonds. The predicted octanol–water partition coefficient (Wildman–Crippen LogP) is 3.48. The standard InChI is InChI=1S/C18H17F5N4O/c1-10-24-14(18(21,22)23)9-15(25-10)27-7-5-11(6-8-27)26-17(28)16-12(19)3-2-4-13(16)20/h2-4,9,11H,5-8H2,1H3,(H,26,28). The van der Waals surface area contributed by atoms with E-state index in [1.807, 2.05) is 0 Å². The first-order chi connectivity index (χ1) is 13.1. The summed E-state index contributed by atoms with van der Waals surface area (Å²) >= 11 is 0. The molecule has 3 rings (SSSR count). The molecule has 1 N–H and O–H groups in total. The average Bonchev–Trinajstić information content (AvgIpc) is 2.61. The van der Waals surface area contributed by atoms with Gasteiger partial charge in [-0.3, -0.25) is 4.79 Å². The van der Waals surface area contributed by atoms with Crippen molar-refractivity contribution in [3.8, 4) is 0 Å². The van der Waals surface area contributed by atoms with Crippen LogP contribution in [0.3, 0.4) is 0 Å². The number of alkyl halides is 3. The molecule has 1 aliphatic heterocycles. The molecule has 0 saturated carbocycles. The Bertz CT molecular complexity index is 859. The SMILES string of the molecule is Cc1nc(N2CCC(NC(=O)c3c(F)cccc3F)CC2)cc(C(F)(F)F)n1. The van der Waals surface area contributed by atoms with Crippen molar-refractivity contribution >= 4 is 11.7 Å². The summed E-state index contributed by atoms with van der Waals surface area (Å²) in [6.07, 6.45) is -3.78. The molecule has 5 nitrogen and oxygen atoms in total. The second-order valence-electron chi connectivity index (χ2n) is 6.49. The number of aromatic nitrogens is 2. The van der Waals surface area contributed by atoms with Crippen molar-refractivity contribution in [1.82, 2.24) is 15.3 Å². The van der Waals surface area contributed by atoms with E-state index in [1.54, 1.807) is 4.90 Å². The third-order valence-electron chi connectivity index (χ3n) is 4.46. The minimum absolute atomic E-state index is 0.00952. The van der Waals surface area contributed by atoms with Crippen LogP contribution in [0.5, 0.6) is 0 Å².